The van der Waals surface area contributed by atoms with Gasteiger partial charge in [0.2, 0.25) is 0 Å². The summed E-state index contributed by atoms with van der Waals surface area (Å²) in [6.07, 6.45) is 5.21. The Balaban J connectivity index is 1.84. The summed E-state index contributed by atoms with van der Waals surface area (Å²) in [5, 5.41) is 12.1. The number of carboxylic acids is 1. The van der Waals surface area contributed by atoms with Gasteiger partial charge < -0.3 is 20.2 Å². The van der Waals surface area contributed by atoms with Crippen molar-refractivity contribution < 1.29 is 14.7 Å². The predicted molar refractivity (Wildman–Crippen MR) is 80.2 cm³/mol. The van der Waals surface area contributed by atoms with E-state index >= 15 is 0 Å². The van der Waals surface area contributed by atoms with Gasteiger partial charge in [-0.05, 0) is 46.2 Å². The summed E-state index contributed by atoms with van der Waals surface area (Å²) < 4.78 is 0. The van der Waals surface area contributed by atoms with Crippen LogP contribution < -0.4 is 5.32 Å². The lowest BCUT2D eigenvalue weighted by Gasteiger charge is -2.37. The van der Waals surface area contributed by atoms with E-state index in [2.05, 4.69) is 10.2 Å². The van der Waals surface area contributed by atoms with Gasteiger partial charge in [0.05, 0.1) is 5.92 Å². The lowest BCUT2D eigenvalue weighted by Crippen LogP contribution is -2.53. The fourth-order valence-corrected chi connectivity index (χ4v) is 3.37. The first kappa shape index (κ1) is 16.1. The first-order chi connectivity index (χ1) is 9.97. The fraction of sp³-hybridized carbons (Fsp3) is 0.867. The molecule has 6 nitrogen and oxygen atoms in total. The van der Waals surface area contributed by atoms with E-state index in [0.717, 1.165) is 45.2 Å². The van der Waals surface area contributed by atoms with Crippen molar-refractivity contribution in [3.8, 4) is 0 Å². The molecule has 1 saturated carbocycles. The summed E-state index contributed by atoms with van der Waals surface area (Å²) in [4.78, 5) is 27.5. The van der Waals surface area contributed by atoms with Gasteiger partial charge in [-0.2, -0.15) is 0 Å². The van der Waals surface area contributed by atoms with Crippen molar-refractivity contribution >= 4 is 12.0 Å². The highest BCUT2D eigenvalue weighted by atomic mass is 16.4. The maximum absolute atomic E-state index is 12.4. The largest absolute Gasteiger partial charge is 0.481 e. The summed E-state index contributed by atoms with van der Waals surface area (Å²) in [5.41, 5.74) is 0. The molecule has 2 fully saturated rings. The number of urea groups is 1. The predicted octanol–water partition coefficient (Wildman–Crippen LogP) is 1.37. The van der Waals surface area contributed by atoms with Crippen LogP contribution in [0.5, 0.6) is 0 Å². The van der Waals surface area contributed by atoms with Crippen molar-refractivity contribution in [2.75, 3.05) is 27.2 Å². The van der Waals surface area contributed by atoms with E-state index in [-0.39, 0.29) is 18.0 Å². The molecular formula is C15H27N3O3. The van der Waals surface area contributed by atoms with Crippen molar-refractivity contribution in [3.05, 3.63) is 0 Å². The average molecular weight is 297 g/mol. The molecule has 6 heteroatoms. The van der Waals surface area contributed by atoms with Gasteiger partial charge >= 0.3 is 12.0 Å². The third-order valence-electron chi connectivity index (χ3n) is 4.77. The number of carboxylic acid groups (broad SMARTS) is 1. The van der Waals surface area contributed by atoms with Crippen LogP contribution in [0.3, 0.4) is 0 Å². The molecule has 1 saturated heterocycles. The number of likely N-dealkylation sites (tertiary alicyclic amines) is 1. The Bertz CT molecular complexity index is 386. The van der Waals surface area contributed by atoms with E-state index in [0.29, 0.717) is 12.5 Å². The number of aliphatic carboxylic acids is 1. The van der Waals surface area contributed by atoms with Crippen molar-refractivity contribution in [1.82, 2.24) is 15.1 Å². The number of piperidine rings is 1. The second-order valence-corrected chi connectivity index (χ2v) is 6.55. The standard InChI is InChI=1S/C15H27N3O3/c1-17(2)13-7-4-8-18(10-13)15(21)16-12-6-3-5-11(9-12)14(19)20/h11-13H,3-10H2,1-2H3,(H,16,21)(H,19,20). The van der Waals surface area contributed by atoms with Crippen LogP contribution in [0.4, 0.5) is 4.79 Å². The normalized spacial score (nSPS) is 30.2. The second kappa shape index (κ2) is 7.11. The molecule has 2 N–H and O–H groups in total. The number of hydrogen-bond acceptors (Lipinski definition) is 3. The molecule has 1 heterocycles. The molecule has 1 aliphatic carbocycles. The number of amides is 2. The van der Waals surface area contributed by atoms with Crippen molar-refractivity contribution in [1.29, 1.82) is 0 Å². The second-order valence-electron chi connectivity index (χ2n) is 6.55. The monoisotopic (exact) mass is 297 g/mol. The third-order valence-corrected chi connectivity index (χ3v) is 4.77. The molecule has 2 amide bonds. The number of hydrogen-bond donors (Lipinski definition) is 2. The average Bonchev–Trinajstić information content (AvgIpc) is 2.47. The maximum atomic E-state index is 12.4. The molecule has 0 bridgehead atoms. The van der Waals surface area contributed by atoms with Crippen LogP contribution in [0, 0.1) is 5.92 Å². The smallest absolute Gasteiger partial charge is 0.317 e. The fourth-order valence-electron chi connectivity index (χ4n) is 3.37. The van der Waals surface area contributed by atoms with Crippen molar-refractivity contribution in [3.63, 3.8) is 0 Å². The van der Waals surface area contributed by atoms with Gasteiger partial charge in [0, 0.05) is 25.2 Å². The Hall–Kier alpha value is -1.30. The summed E-state index contributed by atoms with van der Waals surface area (Å²) in [6, 6.07) is 0.396. The van der Waals surface area contributed by atoms with Gasteiger partial charge in [-0.25, -0.2) is 4.79 Å². The third kappa shape index (κ3) is 4.33. The number of likely N-dealkylation sites (N-methyl/N-ethyl adjacent to an activating group) is 1. The number of carbonyl (C=O) groups is 2. The van der Waals surface area contributed by atoms with Crippen LogP contribution in [0.2, 0.25) is 0 Å². The highest BCUT2D eigenvalue weighted by Crippen LogP contribution is 2.25. The zero-order valence-corrected chi connectivity index (χ0v) is 13.0. The summed E-state index contributed by atoms with van der Waals surface area (Å²) in [7, 11) is 4.09. The van der Waals surface area contributed by atoms with Gasteiger partial charge in [0.25, 0.3) is 0 Å². The molecule has 2 aliphatic rings. The zero-order valence-electron chi connectivity index (χ0n) is 13.0. The first-order valence-electron chi connectivity index (χ1n) is 7.92. The molecule has 3 unspecified atom stereocenters. The van der Waals surface area contributed by atoms with Crippen LogP contribution in [0.15, 0.2) is 0 Å². The first-order valence-corrected chi connectivity index (χ1v) is 7.92. The van der Waals surface area contributed by atoms with E-state index < -0.39 is 5.97 Å². The molecule has 0 aromatic carbocycles. The molecular weight excluding hydrogens is 270 g/mol. The Morgan fingerprint density at radius 2 is 1.95 bits per heavy atom. The van der Waals surface area contributed by atoms with Gasteiger partial charge in [0.15, 0.2) is 0 Å². The van der Waals surface area contributed by atoms with E-state index in [1.165, 1.54) is 0 Å². The van der Waals surface area contributed by atoms with E-state index in [9.17, 15) is 9.59 Å². The van der Waals surface area contributed by atoms with Crippen LogP contribution >= 0.6 is 0 Å². The van der Waals surface area contributed by atoms with Crippen molar-refractivity contribution in [2.45, 2.75) is 50.6 Å². The highest BCUT2D eigenvalue weighted by Gasteiger charge is 2.30. The topological polar surface area (TPSA) is 72.9 Å². The minimum Gasteiger partial charge on any atom is -0.481 e. The minimum atomic E-state index is -0.736. The molecule has 120 valence electrons. The zero-order chi connectivity index (χ0) is 15.4. The van der Waals surface area contributed by atoms with Crippen LogP contribution in [-0.2, 0) is 4.79 Å². The Morgan fingerprint density at radius 3 is 2.62 bits per heavy atom. The van der Waals surface area contributed by atoms with E-state index in [1.807, 2.05) is 19.0 Å². The number of nitrogens with one attached hydrogen (secondary N) is 1. The van der Waals surface area contributed by atoms with Gasteiger partial charge in [-0.15, -0.1) is 0 Å². The molecule has 0 radical (unpaired) electrons. The maximum Gasteiger partial charge on any atom is 0.317 e. The molecule has 21 heavy (non-hydrogen) atoms. The highest BCUT2D eigenvalue weighted by molar-refractivity contribution is 5.75. The minimum absolute atomic E-state index is 0.00656. The summed E-state index contributed by atoms with van der Waals surface area (Å²) >= 11 is 0. The molecule has 2 rings (SSSR count). The lowest BCUT2D eigenvalue weighted by atomic mass is 9.86. The van der Waals surface area contributed by atoms with Crippen molar-refractivity contribution in [2.24, 2.45) is 5.92 Å². The molecule has 0 aromatic heterocycles. The van der Waals surface area contributed by atoms with Gasteiger partial charge in [-0.1, -0.05) is 6.42 Å². The molecule has 1 aliphatic heterocycles. The quantitative estimate of drug-likeness (QED) is 0.825. The summed E-state index contributed by atoms with van der Waals surface area (Å²) in [5.74, 6) is -1.04. The number of rotatable bonds is 3. The van der Waals surface area contributed by atoms with E-state index in [1.54, 1.807) is 0 Å². The SMILES string of the molecule is CN(C)C1CCCN(C(=O)NC2CCCC(C(=O)O)C2)C1. The van der Waals surface area contributed by atoms with Crippen LogP contribution in [-0.4, -0.2) is 66.2 Å². The Labute approximate surface area is 126 Å². The van der Waals surface area contributed by atoms with Crippen LogP contribution in [0.1, 0.15) is 38.5 Å². The molecule has 0 spiro atoms. The molecule has 3 atom stereocenters. The lowest BCUT2D eigenvalue weighted by molar-refractivity contribution is -0.143. The number of carbonyl (C=O) groups excluding carboxylic acids is 1. The van der Waals surface area contributed by atoms with Gasteiger partial charge in [-0.3, -0.25) is 4.79 Å². The van der Waals surface area contributed by atoms with Crippen LogP contribution in [0.25, 0.3) is 0 Å². The molecule has 0 aromatic rings. The Kier molecular flexibility index (Phi) is 5.45. The summed E-state index contributed by atoms with van der Waals surface area (Å²) in [6.45, 7) is 1.55. The Morgan fingerprint density at radius 1 is 1.19 bits per heavy atom. The number of nitrogens with zero attached hydrogens (tertiary/aromatic N) is 2. The van der Waals surface area contributed by atoms with E-state index in [4.69, 9.17) is 5.11 Å². The van der Waals surface area contributed by atoms with Gasteiger partial charge in [0.1, 0.15) is 0 Å².